The molecule has 1 saturated carbocycles. The highest BCUT2D eigenvalue weighted by Crippen LogP contribution is 2.42. The fraction of sp³-hybridized carbons (Fsp3) is 1.00. The van der Waals surface area contributed by atoms with Crippen LogP contribution >= 0.6 is 0 Å². The first-order valence-electron chi connectivity index (χ1n) is 5.00. The van der Waals surface area contributed by atoms with E-state index >= 15 is 0 Å². The summed E-state index contributed by atoms with van der Waals surface area (Å²) in [4.78, 5) is 0. The molecule has 0 aromatic carbocycles. The van der Waals surface area contributed by atoms with E-state index in [1.807, 2.05) is 0 Å². The summed E-state index contributed by atoms with van der Waals surface area (Å²) in [7, 11) is -6.50. The first kappa shape index (κ1) is 16.5. The van der Waals surface area contributed by atoms with E-state index in [1.54, 1.807) is 0 Å². The normalized spacial score (nSPS) is 18.7. The number of hydrogen-bond donors (Lipinski definition) is 0. The molecule has 1 aliphatic carbocycles. The average Bonchev–Trinajstić information content (AvgIpc) is 2.96. The monoisotopic (exact) mass is 318 g/mol. The molecule has 0 heterocycles. The van der Waals surface area contributed by atoms with Crippen molar-refractivity contribution in [1.82, 2.24) is 0 Å². The molecule has 0 amide bonds. The van der Waals surface area contributed by atoms with Crippen molar-refractivity contribution in [2.75, 3.05) is 6.61 Å². The molecule has 0 aliphatic heterocycles. The van der Waals surface area contributed by atoms with E-state index in [1.165, 1.54) is 0 Å². The fourth-order valence-electron chi connectivity index (χ4n) is 1.18. The van der Waals surface area contributed by atoms with Crippen LogP contribution in [-0.4, -0.2) is 32.4 Å². The van der Waals surface area contributed by atoms with Crippen molar-refractivity contribution in [3.63, 3.8) is 0 Å². The highest BCUT2D eigenvalue weighted by Gasteiger charge is 2.68. The van der Waals surface area contributed by atoms with Crippen LogP contribution in [0.4, 0.5) is 30.7 Å². The third-order valence-electron chi connectivity index (χ3n) is 2.35. The second-order valence-electron chi connectivity index (χ2n) is 4.23. The molecule has 19 heavy (non-hydrogen) atoms. The Bertz CT molecular complexity index is 424. The standard InChI is InChI=1S/C8H9F7O3S/c9-6(10,3-5-1-2-5)4-18-19(16,17)8(14,15)7(11,12)13/h5H,1-4H2. The lowest BCUT2D eigenvalue weighted by Gasteiger charge is -2.21. The first-order valence-corrected chi connectivity index (χ1v) is 6.41. The predicted molar refractivity (Wildman–Crippen MR) is 48.2 cm³/mol. The lowest BCUT2D eigenvalue weighted by molar-refractivity contribution is -0.244. The maximum atomic E-state index is 13.0. The number of rotatable bonds is 6. The molecule has 0 N–H and O–H groups in total. The van der Waals surface area contributed by atoms with Gasteiger partial charge in [-0.25, -0.2) is 8.78 Å². The van der Waals surface area contributed by atoms with Gasteiger partial charge in [0.15, 0.2) is 0 Å². The van der Waals surface area contributed by atoms with Crippen LogP contribution in [0.5, 0.6) is 0 Å². The Kier molecular flexibility index (Phi) is 4.13. The predicted octanol–water partition coefficient (Wildman–Crippen LogP) is 2.92. The van der Waals surface area contributed by atoms with E-state index in [9.17, 15) is 39.2 Å². The van der Waals surface area contributed by atoms with Gasteiger partial charge in [0.1, 0.15) is 6.61 Å². The van der Waals surface area contributed by atoms with Gasteiger partial charge in [0, 0.05) is 6.42 Å². The minimum absolute atomic E-state index is 0.385. The molecule has 1 aliphatic rings. The van der Waals surface area contributed by atoms with Gasteiger partial charge in [-0.1, -0.05) is 0 Å². The summed E-state index contributed by atoms with van der Waals surface area (Å²) in [5.74, 6) is -4.15. The summed E-state index contributed by atoms with van der Waals surface area (Å²) < 4.78 is 111. The topological polar surface area (TPSA) is 43.4 Å². The van der Waals surface area contributed by atoms with E-state index in [-0.39, 0.29) is 5.92 Å². The average molecular weight is 318 g/mol. The molecular formula is C8H9F7O3S. The highest BCUT2D eigenvalue weighted by atomic mass is 32.2. The fourth-order valence-corrected chi connectivity index (χ4v) is 1.94. The van der Waals surface area contributed by atoms with Crippen molar-refractivity contribution < 1.29 is 43.3 Å². The molecule has 0 saturated heterocycles. The van der Waals surface area contributed by atoms with Crippen LogP contribution in [0.15, 0.2) is 0 Å². The molecule has 0 aromatic rings. The molecule has 0 bridgehead atoms. The van der Waals surface area contributed by atoms with Gasteiger partial charge in [0.05, 0.1) is 0 Å². The summed E-state index contributed by atoms with van der Waals surface area (Å²) >= 11 is 0. The molecule has 0 radical (unpaired) electrons. The molecule has 1 rings (SSSR count). The zero-order valence-corrected chi connectivity index (χ0v) is 10.0. The summed E-state index contributed by atoms with van der Waals surface area (Å²) in [6.07, 6.45) is -6.29. The summed E-state index contributed by atoms with van der Waals surface area (Å²) in [6, 6.07) is 0. The van der Waals surface area contributed by atoms with Crippen LogP contribution in [0.2, 0.25) is 0 Å². The maximum Gasteiger partial charge on any atom is 0.472 e. The van der Waals surface area contributed by atoms with Gasteiger partial charge in [0.25, 0.3) is 5.92 Å². The molecule has 0 spiro atoms. The largest absolute Gasteiger partial charge is 0.472 e. The smallest absolute Gasteiger partial charge is 0.259 e. The van der Waals surface area contributed by atoms with E-state index in [4.69, 9.17) is 0 Å². The van der Waals surface area contributed by atoms with Crippen molar-refractivity contribution in [1.29, 1.82) is 0 Å². The molecule has 114 valence electrons. The van der Waals surface area contributed by atoms with E-state index < -0.39 is 40.5 Å². The second kappa shape index (κ2) is 4.76. The van der Waals surface area contributed by atoms with Gasteiger partial charge in [-0.15, -0.1) is 0 Å². The van der Waals surface area contributed by atoms with Crippen molar-refractivity contribution in [2.45, 2.75) is 36.6 Å². The molecule has 0 aromatic heterocycles. The van der Waals surface area contributed by atoms with E-state index in [2.05, 4.69) is 4.18 Å². The van der Waals surface area contributed by atoms with Crippen LogP contribution < -0.4 is 0 Å². The second-order valence-corrected chi connectivity index (χ2v) is 5.89. The van der Waals surface area contributed by atoms with Gasteiger partial charge in [0.2, 0.25) is 0 Å². The molecule has 0 unspecified atom stereocenters. The van der Waals surface area contributed by atoms with Crippen LogP contribution in [-0.2, 0) is 14.3 Å². The Labute approximate surface area is 103 Å². The summed E-state index contributed by atoms with van der Waals surface area (Å²) in [5.41, 5.74) is 0. The number of hydrogen-bond acceptors (Lipinski definition) is 3. The number of alkyl halides is 7. The highest BCUT2D eigenvalue weighted by molar-refractivity contribution is 7.87. The SMILES string of the molecule is O=S(=O)(OCC(F)(F)CC1CC1)C(F)(F)C(F)(F)F. The first-order chi connectivity index (χ1) is 8.29. The van der Waals surface area contributed by atoms with Gasteiger partial charge in [-0.3, -0.25) is 4.18 Å². The Balaban J connectivity index is 2.69. The molecule has 3 nitrogen and oxygen atoms in total. The third kappa shape index (κ3) is 3.94. The van der Waals surface area contributed by atoms with Crippen molar-refractivity contribution in [3.05, 3.63) is 0 Å². The van der Waals surface area contributed by atoms with Crippen molar-refractivity contribution in [3.8, 4) is 0 Å². The Morgan fingerprint density at radius 1 is 1.00 bits per heavy atom. The molecule has 0 atom stereocenters. The quantitative estimate of drug-likeness (QED) is 0.559. The summed E-state index contributed by atoms with van der Waals surface area (Å²) in [6.45, 7) is -2.03. The van der Waals surface area contributed by atoms with Gasteiger partial charge in [-0.05, 0) is 18.8 Å². The Morgan fingerprint density at radius 2 is 1.47 bits per heavy atom. The van der Waals surface area contributed by atoms with E-state index in [0.29, 0.717) is 12.8 Å². The molecular weight excluding hydrogens is 309 g/mol. The van der Waals surface area contributed by atoms with Crippen LogP contribution in [0.3, 0.4) is 0 Å². The lowest BCUT2D eigenvalue weighted by atomic mass is 10.2. The zero-order valence-electron chi connectivity index (χ0n) is 9.18. The Morgan fingerprint density at radius 3 is 1.84 bits per heavy atom. The molecule has 1 fully saturated rings. The van der Waals surface area contributed by atoms with Crippen molar-refractivity contribution in [2.24, 2.45) is 5.92 Å². The number of halogens is 7. The van der Waals surface area contributed by atoms with E-state index in [0.717, 1.165) is 0 Å². The van der Waals surface area contributed by atoms with Gasteiger partial charge < -0.3 is 0 Å². The lowest BCUT2D eigenvalue weighted by Crippen LogP contribution is -2.46. The maximum absolute atomic E-state index is 13.0. The minimum atomic E-state index is -6.50. The third-order valence-corrected chi connectivity index (χ3v) is 3.64. The van der Waals surface area contributed by atoms with Gasteiger partial charge >= 0.3 is 21.5 Å². The summed E-state index contributed by atoms with van der Waals surface area (Å²) in [5, 5.41) is -6.23. The Hall–Kier alpha value is -0.580. The van der Waals surface area contributed by atoms with Gasteiger partial charge in [-0.2, -0.15) is 30.4 Å². The van der Waals surface area contributed by atoms with Crippen LogP contribution in [0, 0.1) is 5.92 Å². The van der Waals surface area contributed by atoms with Crippen LogP contribution in [0.1, 0.15) is 19.3 Å². The molecule has 11 heteroatoms. The van der Waals surface area contributed by atoms with Crippen molar-refractivity contribution >= 4 is 10.1 Å². The van der Waals surface area contributed by atoms with Crippen LogP contribution in [0.25, 0.3) is 0 Å². The minimum Gasteiger partial charge on any atom is -0.259 e. The zero-order chi connectivity index (χ0) is 15.1.